The first-order chi connectivity index (χ1) is 8.66. The van der Waals surface area contributed by atoms with Crippen molar-refractivity contribution in [2.75, 3.05) is 5.32 Å². The van der Waals surface area contributed by atoms with E-state index >= 15 is 0 Å². The second kappa shape index (κ2) is 5.22. The number of nitrogens with zero attached hydrogens (tertiary/aromatic N) is 2. The van der Waals surface area contributed by atoms with Gasteiger partial charge in [-0.05, 0) is 17.7 Å². The molecule has 0 aliphatic heterocycles. The van der Waals surface area contributed by atoms with E-state index in [9.17, 15) is 14.5 Å². The number of non-ortho nitro benzene ring substituents is 1. The average molecular weight is 247 g/mol. The Hall–Kier alpha value is -2.50. The summed E-state index contributed by atoms with van der Waals surface area (Å²) < 4.78 is 13.4. The predicted octanol–water partition coefficient (Wildman–Crippen LogP) is 2.74. The predicted molar refractivity (Wildman–Crippen MR) is 64.6 cm³/mol. The summed E-state index contributed by atoms with van der Waals surface area (Å²) in [5, 5.41) is 13.4. The molecule has 1 aromatic carbocycles. The second-order valence-corrected chi connectivity index (χ2v) is 3.64. The maximum Gasteiger partial charge on any atom is 0.271 e. The maximum atomic E-state index is 13.4. The van der Waals surface area contributed by atoms with Crippen LogP contribution in [-0.2, 0) is 6.54 Å². The molecule has 92 valence electrons. The minimum absolute atomic E-state index is 0.105. The van der Waals surface area contributed by atoms with Crippen LogP contribution in [0.15, 0.2) is 42.7 Å². The monoisotopic (exact) mass is 247 g/mol. The van der Waals surface area contributed by atoms with Crippen molar-refractivity contribution >= 4 is 11.4 Å². The Kier molecular flexibility index (Phi) is 3.47. The van der Waals surface area contributed by atoms with Gasteiger partial charge in [0.25, 0.3) is 5.69 Å². The molecular formula is C12H10FN3O2. The zero-order valence-electron chi connectivity index (χ0n) is 9.34. The van der Waals surface area contributed by atoms with Crippen LogP contribution in [0.25, 0.3) is 0 Å². The first-order valence-electron chi connectivity index (χ1n) is 5.23. The Balaban J connectivity index is 2.14. The molecule has 0 unspecified atom stereocenters. The zero-order valence-corrected chi connectivity index (χ0v) is 9.34. The molecular weight excluding hydrogens is 237 g/mol. The van der Waals surface area contributed by atoms with Gasteiger partial charge in [0.15, 0.2) is 0 Å². The van der Waals surface area contributed by atoms with Gasteiger partial charge in [0, 0.05) is 31.1 Å². The lowest BCUT2D eigenvalue weighted by Crippen LogP contribution is -2.02. The molecule has 2 rings (SSSR count). The summed E-state index contributed by atoms with van der Waals surface area (Å²) in [5.74, 6) is -0.524. The van der Waals surface area contributed by atoms with Gasteiger partial charge in [0.2, 0.25) is 0 Å². The van der Waals surface area contributed by atoms with Crippen LogP contribution in [0.3, 0.4) is 0 Å². The number of hydrogen-bond acceptors (Lipinski definition) is 4. The number of benzene rings is 1. The van der Waals surface area contributed by atoms with Crippen LogP contribution < -0.4 is 5.32 Å². The molecule has 0 fully saturated rings. The third kappa shape index (κ3) is 2.79. The minimum atomic E-state index is -0.561. The highest BCUT2D eigenvalue weighted by molar-refractivity contribution is 5.52. The van der Waals surface area contributed by atoms with Gasteiger partial charge in [-0.3, -0.25) is 15.1 Å². The number of nitro benzene ring substituents is 1. The van der Waals surface area contributed by atoms with Crippen molar-refractivity contribution in [3.8, 4) is 0 Å². The Morgan fingerprint density at radius 1 is 1.39 bits per heavy atom. The van der Waals surface area contributed by atoms with E-state index in [1.807, 2.05) is 6.07 Å². The van der Waals surface area contributed by atoms with E-state index in [1.165, 1.54) is 6.07 Å². The van der Waals surface area contributed by atoms with Crippen molar-refractivity contribution < 1.29 is 9.31 Å². The van der Waals surface area contributed by atoms with E-state index in [0.29, 0.717) is 6.54 Å². The third-order valence-corrected chi connectivity index (χ3v) is 2.37. The number of pyridine rings is 1. The fourth-order valence-electron chi connectivity index (χ4n) is 1.46. The highest BCUT2D eigenvalue weighted by Gasteiger charge is 2.10. The van der Waals surface area contributed by atoms with Crippen LogP contribution >= 0.6 is 0 Å². The molecule has 1 N–H and O–H groups in total. The van der Waals surface area contributed by atoms with Crippen LogP contribution in [0.4, 0.5) is 15.8 Å². The summed E-state index contributed by atoms with van der Waals surface area (Å²) in [6, 6.07) is 6.97. The van der Waals surface area contributed by atoms with E-state index in [1.54, 1.807) is 18.5 Å². The summed E-state index contributed by atoms with van der Waals surface area (Å²) in [7, 11) is 0. The summed E-state index contributed by atoms with van der Waals surface area (Å²) in [5.41, 5.74) is 0.821. The quantitative estimate of drug-likeness (QED) is 0.666. The standard InChI is InChI=1S/C12H10FN3O2/c13-11-4-3-10(16(17)18)6-12(11)15-8-9-2-1-5-14-7-9/h1-7,15H,8H2. The third-order valence-electron chi connectivity index (χ3n) is 2.37. The molecule has 0 atom stereocenters. The first-order valence-corrected chi connectivity index (χ1v) is 5.23. The number of anilines is 1. The van der Waals surface area contributed by atoms with Crippen LogP contribution in [0, 0.1) is 15.9 Å². The molecule has 0 radical (unpaired) electrons. The van der Waals surface area contributed by atoms with Gasteiger partial charge in [0.05, 0.1) is 10.6 Å². The van der Waals surface area contributed by atoms with Gasteiger partial charge in [-0.2, -0.15) is 0 Å². The molecule has 0 amide bonds. The number of nitrogens with one attached hydrogen (secondary N) is 1. The van der Waals surface area contributed by atoms with Crippen molar-refractivity contribution in [2.45, 2.75) is 6.54 Å². The second-order valence-electron chi connectivity index (χ2n) is 3.64. The Labute approximate surface area is 102 Å². The largest absolute Gasteiger partial charge is 0.378 e. The normalized spacial score (nSPS) is 10.1. The summed E-state index contributed by atoms with van der Waals surface area (Å²) in [6.45, 7) is 0.353. The lowest BCUT2D eigenvalue weighted by Gasteiger charge is -2.07. The fourth-order valence-corrected chi connectivity index (χ4v) is 1.46. The molecule has 0 bridgehead atoms. The number of nitro groups is 1. The summed E-state index contributed by atoms with van der Waals surface area (Å²) in [4.78, 5) is 13.9. The molecule has 0 aliphatic rings. The molecule has 0 aliphatic carbocycles. The van der Waals surface area contributed by atoms with Gasteiger partial charge >= 0.3 is 0 Å². The number of hydrogen-bond donors (Lipinski definition) is 1. The van der Waals surface area contributed by atoms with Crippen molar-refractivity contribution in [3.63, 3.8) is 0 Å². The van der Waals surface area contributed by atoms with Crippen LogP contribution in [0.1, 0.15) is 5.56 Å². The number of aromatic nitrogens is 1. The van der Waals surface area contributed by atoms with Gasteiger partial charge in [-0.15, -0.1) is 0 Å². The molecule has 6 heteroatoms. The van der Waals surface area contributed by atoms with Crippen molar-refractivity contribution in [2.24, 2.45) is 0 Å². The van der Waals surface area contributed by atoms with Crippen LogP contribution in [0.5, 0.6) is 0 Å². The topological polar surface area (TPSA) is 68.1 Å². The SMILES string of the molecule is O=[N+]([O-])c1ccc(F)c(NCc2cccnc2)c1. The van der Waals surface area contributed by atoms with E-state index in [2.05, 4.69) is 10.3 Å². The van der Waals surface area contributed by atoms with Gasteiger partial charge < -0.3 is 5.32 Å². The van der Waals surface area contributed by atoms with Crippen molar-refractivity contribution in [1.82, 2.24) is 4.98 Å². The smallest absolute Gasteiger partial charge is 0.271 e. The fraction of sp³-hybridized carbons (Fsp3) is 0.0833. The summed E-state index contributed by atoms with van der Waals surface area (Å²) >= 11 is 0. The molecule has 18 heavy (non-hydrogen) atoms. The van der Waals surface area contributed by atoms with Gasteiger partial charge in [-0.25, -0.2) is 4.39 Å². The van der Waals surface area contributed by atoms with E-state index < -0.39 is 10.7 Å². The maximum absolute atomic E-state index is 13.4. The highest BCUT2D eigenvalue weighted by atomic mass is 19.1. The summed E-state index contributed by atoms with van der Waals surface area (Å²) in [6.07, 6.45) is 3.28. The van der Waals surface area contributed by atoms with E-state index in [0.717, 1.165) is 17.7 Å². The lowest BCUT2D eigenvalue weighted by atomic mass is 10.2. The highest BCUT2D eigenvalue weighted by Crippen LogP contribution is 2.21. The molecule has 1 heterocycles. The lowest BCUT2D eigenvalue weighted by molar-refractivity contribution is -0.384. The minimum Gasteiger partial charge on any atom is -0.378 e. The Morgan fingerprint density at radius 3 is 2.89 bits per heavy atom. The van der Waals surface area contributed by atoms with E-state index in [-0.39, 0.29) is 11.4 Å². The molecule has 0 saturated carbocycles. The van der Waals surface area contributed by atoms with Crippen molar-refractivity contribution in [1.29, 1.82) is 0 Å². The molecule has 0 saturated heterocycles. The molecule has 2 aromatic rings. The Bertz CT molecular complexity index is 561. The molecule has 0 spiro atoms. The first kappa shape index (κ1) is 12.0. The van der Waals surface area contributed by atoms with E-state index in [4.69, 9.17) is 0 Å². The Morgan fingerprint density at radius 2 is 2.22 bits per heavy atom. The van der Waals surface area contributed by atoms with Crippen LogP contribution in [-0.4, -0.2) is 9.91 Å². The van der Waals surface area contributed by atoms with Crippen molar-refractivity contribution in [3.05, 3.63) is 64.2 Å². The molecule has 1 aromatic heterocycles. The van der Waals surface area contributed by atoms with Crippen LogP contribution in [0.2, 0.25) is 0 Å². The zero-order chi connectivity index (χ0) is 13.0. The number of rotatable bonds is 4. The van der Waals surface area contributed by atoms with Gasteiger partial charge in [-0.1, -0.05) is 6.07 Å². The average Bonchev–Trinajstić information content (AvgIpc) is 2.38. The number of halogens is 1. The van der Waals surface area contributed by atoms with Gasteiger partial charge in [0.1, 0.15) is 5.82 Å². The molecule has 5 nitrogen and oxygen atoms in total.